The molecule has 0 spiro atoms. The molecule has 6 heteroatoms. The molecule has 0 saturated heterocycles. The largest absolute Gasteiger partial charge is 0.477 e. The Balaban J connectivity index is 2.97. The third kappa shape index (κ3) is 4.14. The molecule has 0 saturated carbocycles. The predicted octanol–water partition coefficient (Wildman–Crippen LogP) is 3.61. The van der Waals surface area contributed by atoms with E-state index >= 15 is 0 Å². The zero-order valence-corrected chi connectivity index (χ0v) is 12.7. The Hall–Kier alpha value is -0.810. The van der Waals surface area contributed by atoms with Gasteiger partial charge in [0.2, 0.25) is 0 Å². The Bertz CT molecular complexity index is 408. The molecule has 0 bridgehead atoms. The molecule has 0 unspecified atom stereocenters. The second-order valence-corrected chi connectivity index (χ2v) is 6.45. The van der Waals surface area contributed by atoms with Gasteiger partial charge in [-0.05, 0) is 11.8 Å². The number of hydrogen-bond donors (Lipinski definition) is 1. The van der Waals surface area contributed by atoms with Crippen LogP contribution in [0.4, 0.5) is 5.13 Å². The fraction of sp³-hybridized carbons (Fsp3) is 0.667. The highest BCUT2D eigenvalue weighted by molar-refractivity contribution is 7.18. The van der Waals surface area contributed by atoms with Crippen LogP contribution in [-0.2, 0) is 0 Å². The molecule has 0 aromatic carbocycles. The molecule has 0 aliphatic rings. The lowest BCUT2D eigenvalue weighted by Gasteiger charge is -2.25. The van der Waals surface area contributed by atoms with E-state index in [0.717, 1.165) is 24.4 Å². The van der Waals surface area contributed by atoms with E-state index in [4.69, 9.17) is 16.7 Å². The Kier molecular flexibility index (Phi) is 5.41. The first-order chi connectivity index (χ1) is 8.31. The van der Waals surface area contributed by atoms with Gasteiger partial charge in [0, 0.05) is 13.1 Å². The van der Waals surface area contributed by atoms with E-state index in [1.54, 1.807) is 0 Å². The molecule has 0 aliphatic heterocycles. The van der Waals surface area contributed by atoms with Crippen molar-refractivity contribution in [2.75, 3.05) is 18.0 Å². The van der Waals surface area contributed by atoms with E-state index in [9.17, 15) is 4.79 Å². The highest BCUT2D eigenvalue weighted by atomic mass is 35.5. The number of nitrogens with zero attached hydrogens (tertiary/aromatic N) is 2. The molecule has 0 aliphatic carbocycles. The van der Waals surface area contributed by atoms with E-state index in [0.29, 0.717) is 17.0 Å². The number of anilines is 1. The smallest absolute Gasteiger partial charge is 0.349 e. The standard InChI is InChI=1S/C12H19ClN2O2S/c1-7(2)5-15(6-8(3)4)12-14-10(13)9(18-12)11(16)17/h7-8H,5-6H2,1-4H3,(H,16,17). The van der Waals surface area contributed by atoms with E-state index in [-0.39, 0.29) is 10.0 Å². The molecule has 1 aromatic rings. The Morgan fingerprint density at radius 2 is 1.83 bits per heavy atom. The molecular weight excluding hydrogens is 272 g/mol. The number of carboxylic acid groups (broad SMARTS) is 1. The summed E-state index contributed by atoms with van der Waals surface area (Å²) in [5.74, 6) is -0.0443. The molecule has 18 heavy (non-hydrogen) atoms. The summed E-state index contributed by atoms with van der Waals surface area (Å²) in [6.45, 7) is 10.2. The van der Waals surface area contributed by atoms with Crippen LogP contribution in [0.1, 0.15) is 37.4 Å². The number of carbonyl (C=O) groups is 1. The maximum atomic E-state index is 11.0. The Morgan fingerprint density at radius 1 is 1.33 bits per heavy atom. The molecule has 1 aromatic heterocycles. The van der Waals surface area contributed by atoms with Crippen LogP contribution in [0.15, 0.2) is 0 Å². The summed E-state index contributed by atoms with van der Waals surface area (Å²) in [5, 5.41) is 9.77. The highest BCUT2D eigenvalue weighted by Gasteiger charge is 2.20. The van der Waals surface area contributed by atoms with Crippen LogP contribution in [0.3, 0.4) is 0 Å². The van der Waals surface area contributed by atoms with Gasteiger partial charge in [-0.25, -0.2) is 9.78 Å². The van der Waals surface area contributed by atoms with E-state index in [2.05, 4.69) is 37.6 Å². The summed E-state index contributed by atoms with van der Waals surface area (Å²) in [6.07, 6.45) is 0. The van der Waals surface area contributed by atoms with Crippen molar-refractivity contribution in [3.63, 3.8) is 0 Å². The number of thiazole rings is 1. The summed E-state index contributed by atoms with van der Waals surface area (Å²) in [4.78, 5) is 17.4. The molecule has 0 atom stereocenters. The molecule has 1 rings (SSSR count). The van der Waals surface area contributed by atoms with Crippen molar-refractivity contribution in [3.05, 3.63) is 10.0 Å². The zero-order valence-electron chi connectivity index (χ0n) is 11.1. The molecule has 0 radical (unpaired) electrons. The molecule has 1 heterocycles. The van der Waals surface area contributed by atoms with Gasteiger partial charge < -0.3 is 10.0 Å². The third-order valence-electron chi connectivity index (χ3n) is 2.21. The summed E-state index contributed by atoms with van der Waals surface area (Å²) in [7, 11) is 0. The van der Waals surface area contributed by atoms with Crippen molar-refractivity contribution in [2.24, 2.45) is 11.8 Å². The van der Waals surface area contributed by atoms with Gasteiger partial charge in [-0.2, -0.15) is 0 Å². The van der Waals surface area contributed by atoms with Crippen LogP contribution in [-0.4, -0.2) is 29.1 Å². The third-order valence-corrected chi connectivity index (χ3v) is 3.70. The number of carboxylic acids is 1. The zero-order chi connectivity index (χ0) is 13.9. The number of rotatable bonds is 6. The molecular formula is C12H19ClN2O2S. The van der Waals surface area contributed by atoms with Crippen molar-refractivity contribution in [2.45, 2.75) is 27.7 Å². The lowest BCUT2D eigenvalue weighted by Crippen LogP contribution is -2.31. The molecule has 4 nitrogen and oxygen atoms in total. The van der Waals surface area contributed by atoms with Crippen molar-refractivity contribution in [3.8, 4) is 0 Å². The van der Waals surface area contributed by atoms with Crippen molar-refractivity contribution in [1.82, 2.24) is 4.98 Å². The predicted molar refractivity (Wildman–Crippen MR) is 76.0 cm³/mol. The maximum Gasteiger partial charge on any atom is 0.349 e. The number of aromatic carboxylic acids is 1. The summed E-state index contributed by atoms with van der Waals surface area (Å²) < 4.78 is 0. The molecule has 1 N–H and O–H groups in total. The first-order valence-corrected chi connectivity index (χ1v) is 7.15. The highest BCUT2D eigenvalue weighted by Crippen LogP contribution is 2.30. The average Bonchev–Trinajstić information content (AvgIpc) is 2.57. The molecule has 0 amide bonds. The second kappa shape index (κ2) is 6.38. The lowest BCUT2D eigenvalue weighted by atomic mass is 10.1. The number of aromatic nitrogens is 1. The summed E-state index contributed by atoms with van der Waals surface area (Å²) >= 11 is 6.99. The fourth-order valence-corrected chi connectivity index (χ4v) is 2.81. The van der Waals surface area contributed by atoms with Crippen LogP contribution in [0, 0.1) is 11.8 Å². The normalized spacial score (nSPS) is 11.3. The average molecular weight is 291 g/mol. The van der Waals surface area contributed by atoms with Crippen LogP contribution < -0.4 is 4.90 Å². The van der Waals surface area contributed by atoms with E-state index in [1.807, 2.05) is 0 Å². The van der Waals surface area contributed by atoms with Gasteiger partial charge >= 0.3 is 5.97 Å². The monoisotopic (exact) mass is 290 g/mol. The second-order valence-electron chi connectivity index (χ2n) is 5.11. The minimum Gasteiger partial charge on any atom is -0.477 e. The van der Waals surface area contributed by atoms with Gasteiger partial charge in [0.05, 0.1) is 0 Å². The van der Waals surface area contributed by atoms with Crippen molar-refractivity contribution < 1.29 is 9.90 Å². The number of halogens is 1. The maximum absolute atomic E-state index is 11.0. The van der Waals surface area contributed by atoms with Crippen molar-refractivity contribution >= 4 is 34.0 Å². The van der Waals surface area contributed by atoms with Gasteiger partial charge in [0.15, 0.2) is 15.2 Å². The SMILES string of the molecule is CC(C)CN(CC(C)C)c1nc(Cl)c(C(=O)O)s1. The first-order valence-electron chi connectivity index (χ1n) is 5.95. The van der Waals surface area contributed by atoms with Gasteiger partial charge in [0.25, 0.3) is 0 Å². The van der Waals surface area contributed by atoms with Gasteiger partial charge in [0.1, 0.15) is 0 Å². The van der Waals surface area contributed by atoms with Gasteiger partial charge in [-0.3, -0.25) is 0 Å². The van der Waals surface area contributed by atoms with Crippen LogP contribution in [0.5, 0.6) is 0 Å². The fourth-order valence-electron chi connectivity index (χ4n) is 1.67. The Morgan fingerprint density at radius 3 is 2.17 bits per heavy atom. The Labute approximate surface area is 117 Å². The number of hydrogen-bond acceptors (Lipinski definition) is 4. The van der Waals surface area contributed by atoms with E-state index in [1.165, 1.54) is 0 Å². The summed E-state index contributed by atoms with van der Waals surface area (Å²) in [5.41, 5.74) is 0. The van der Waals surface area contributed by atoms with E-state index < -0.39 is 5.97 Å². The topological polar surface area (TPSA) is 53.4 Å². The van der Waals surface area contributed by atoms with Gasteiger partial charge in [-0.15, -0.1) is 0 Å². The minimum absolute atomic E-state index is 0.0833. The van der Waals surface area contributed by atoms with Crippen LogP contribution >= 0.6 is 22.9 Å². The quantitative estimate of drug-likeness (QED) is 0.869. The summed E-state index contributed by atoms with van der Waals surface area (Å²) in [6, 6.07) is 0. The molecule has 0 fully saturated rings. The first kappa shape index (κ1) is 15.2. The minimum atomic E-state index is -1.02. The van der Waals surface area contributed by atoms with Crippen LogP contribution in [0.2, 0.25) is 5.15 Å². The van der Waals surface area contributed by atoms with Gasteiger partial charge in [-0.1, -0.05) is 50.6 Å². The van der Waals surface area contributed by atoms with Crippen LogP contribution in [0.25, 0.3) is 0 Å². The van der Waals surface area contributed by atoms with Crippen molar-refractivity contribution in [1.29, 1.82) is 0 Å². The lowest BCUT2D eigenvalue weighted by molar-refractivity contribution is 0.0702. The molecule has 102 valence electrons.